The minimum absolute atomic E-state index is 0.00880. The van der Waals surface area contributed by atoms with E-state index in [9.17, 15) is 27.2 Å². The predicted octanol–water partition coefficient (Wildman–Crippen LogP) is 4.78. The third kappa shape index (κ3) is 3.34. The van der Waals surface area contributed by atoms with Gasteiger partial charge in [-0.15, -0.1) is 0 Å². The van der Waals surface area contributed by atoms with Gasteiger partial charge in [-0.1, -0.05) is 0 Å². The van der Waals surface area contributed by atoms with E-state index in [4.69, 9.17) is 0 Å². The second-order valence-corrected chi connectivity index (χ2v) is 7.85. The van der Waals surface area contributed by atoms with Gasteiger partial charge in [-0.3, -0.25) is 14.5 Å². The molecule has 2 aliphatic rings. The zero-order valence-electron chi connectivity index (χ0n) is 16.7. The van der Waals surface area contributed by atoms with Crippen molar-refractivity contribution in [3.8, 4) is 0 Å². The summed E-state index contributed by atoms with van der Waals surface area (Å²) in [7, 11) is 0. The van der Waals surface area contributed by atoms with Crippen LogP contribution >= 0.6 is 0 Å². The number of halogens is 4. The zero-order valence-corrected chi connectivity index (χ0v) is 16.7. The second-order valence-electron chi connectivity index (χ2n) is 7.85. The number of carbonyl (C=O) groups is 1. The van der Waals surface area contributed by atoms with Crippen molar-refractivity contribution in [1.82, 2.24) is 4.98 Å². The van der Waals surface area contributed by atoms with Crippen LogP contribution in [0.15, 0.2) is 53.3 Å². The molecule has 2 aromatic carbocycles. The SMILES string of the molecule is O=C1c2cc(C(F)(F)F)ccc2N2CN1c1ccc(=O)[nH]c1CCCc1cc(F)ccc12. The molecule has 0 spiro atoms. The van der Waals surface area contributed by atoms with Gasteiger partial charge in [0.2, 0.25) is 5.56 Å². The molecule has 32 heavy (non-hydrogen) atoms. The third-order valence-corrected chi connectivity index (χ3v) is 5.84. The fourth-order valence-corrected chi connectivity index (χ4v) is 4.36. The fourth-order valence-electron chi connectivity index (χ4n) is 4.36. The summed E-state index contributed by atoms with van der Waals surface area (Å²) >= 11 is 0. The molecule has 164 valence electrons. The lowest BCUT2D eigenvalue weighted by molar-refractivity contribution is -0.137. The molecular formula is C23H17F4N3O2. The quantitative estimate of drug-likeness (QED) is 0.509. The van der Waals surface area contributed by atoms with Gasteiger partial charge < -0.3 is 9.88 Å². The molecule has 5 rings (SSSR count). The maximum absolute atomic E-state index is 14.0. The van der Waals surface area contributed by atoms with Gasteiger partial charge in [-0.25, -0.2) is 4.39 Å². The van der Waals surface area contributed by atoms with E-state index in [0.29, 0.717) is 47.6 Å². The number of fused-ring (bicyclic) bond motifs is 8. The van der Waals surface area contributed by atoms with Crippen molar-refractivity contribution in [2.75, 3.05) is 16.5 Å². The molecule has 0 radical (unpaired) electrons. The maximum atomic E-state index is 14.0. The van der Waals surface area contributed by atoms with Crippen molar-refractivity contribution < 1.29 is 22.4 Å². The van der Waals surface area contributed by atoms with E-state index in [1.54, 1.807) is 11.0 Å². The predicted molar refractivity (Wildman–Crippen MR) is 111 cm³/mol. The number of hydrogen-bond donors (Lipinski definition) is 1. The van der Waals surface area contributed by atoms with Crippen LogP contribution in [0.2, 0.25) is 0 Å². The summed E-state index contributed by atoms with van der Waals surface area (Å²) in [6.45, 7) is 0.00880. The molecular weight excluding hydrogens is 426 g/mol. The topological polar surface area (TPSA) is 56.4 Å². The van der Waals surface area contributed by atoms with E-state index in [1.807, 2.05) is 0 Å². The zero-order chi connectivity index (χ0) is 22.6. The van der Waals surface area contributed by atoms with Crippen LogP contribution in [0.25, 0.3) is 0 Å². The average molecular weight is 443 g/mol. The number of H-pyrrole nitrogens is 1. The van der Waals surface area contributed by atoms with Crippen LogP contribution < -0.4 is 15.4 Å². The number of aromatic amines is 1. The number of hydrogen-bond acceptors (Lipinski definition) is 3. The number of carbonyl (C=O) groups excluding carboxylic acids is 1. The fraction of sp³-hybridized carbons (Fsp3) is 0.217. The molecule has 1 amide bonds. The number of aromatic nitrogens is 1. The van der Waals surface area contributed by atoms with Gasteiger partial charge >= 0.3 is 6.18 Å². The number of alkyl halides is 3. The number of aryl methyl sites for hydroxylation is 2. The van der Waals surface area contributed by atoms with Gasteiger partial charge in [0.15, 0.2) is 0 Å². The van der Waals surface area contributed by atoms with Crippen molar-refractivity contribution in [1.29, 1.82) is 0 Å². The standard InChI is InChI=1S/C23H17F4N3O2/c24-15-5-7-18-13(10-15)2-1-3-17-20(8-9-21(31)28-17)30-12-29(18)19-6-4-14(23(25,26)27)11-16(19)22(30)32/h4-11H,1-3,12H2,(H,28,31). The molecule has 0 saturated heterocycles. The average Bonchev–Trinajstić information content (AvgIpc) is 2.74. The Bertz CT molecular complexity index is 1300. The molecule has 3 heterocycles. The summed E-state index contributed by atoms with van der Waals surface area (Å²) in [4.78, 5) is 31.1. The Labute approximate surface area is 179 Å². The Morgan fingerprint density at radius 1 is 0.844 bits per heavy atom. The molecule has 0 saturated carbocycles. The Morgan fingerprint density at radius 3 is 2.38 bits per heavy atom. The number of anilines is 3. The largest absolute Gasteiger partial charge is 0.416 e. The summed E-state index contributed by atoms with van der Waals surface area (Å²) in [5, 5.41) is 0. The summed E-state index contributed by atoms with van der Waals surface area (Å²) in [6, 6.07) is 10.1. The highest BCUT2D eigenvalue weighted by Crippen LogP contribution is 2.41. The summed E-state index contributed by atoms with van der Waals surface area (Å²) in [5.74, 6) is -1.02. The Balaban J connectivity index is 1.77. The van der Waals surface area contributed by atoms with Gasteiger partial charge in [0, 0.05) is 17.4 Å². The molecule has 9 heteroatoms. The Hall–Kier alpha value is -3.62. The van der Waals surface area contributed by atoms with Crippen LogP contribution in [0.1, 0.15) is 33.6 Å². The van der Waals surface area contributed by atoms with Gasteiger partial charge in [0.05, 0.1) is 22.5 Å². The molecule has 5 nitrogen and oxygen atoms in total. The van der Waals surface area contributed by atoms with Gasteiger partial charge in [0.25, 0.3) is 5.91 Å². The van der Waals surface area contributed by atoms with Crippen LogP contribution in [0, 0.1) is 5.82 Å². The molecule has 3 aromatic rings. The highest BCUT2D eigenvalue weighted by atomic mass is 19.4. The van der Waals surface area contributed by atoms with Gasteiger partial charge in [-0.2, -0.15) is 13.2 Å². The second kappa shape index (κ2) is 7.22. The Kier molecular flexibility index (Phi) is 4.58. The number of nitrogens with zero attached hydrogens (tertiary/aromatic N) is 2. The number of pyridine rings is 1. The molecule has 1 N–H and O–H groups in total. The molecule has 1 aromatic heterocycles. The van der Waals surface area contributed by atoms with E-state index in [-0.39, 0.29) is 17.8 Å². The van der Waals surface area contributed by atoms with Crippen molar-refractivity contribution in [3.63, 3.8) is 0 Å². The van der Waals surface area contributed by atoms with Crippen LogP contribution in [0.5, 0.6) is 0 Å². The molecule has 2 aliphatic heterocycles. The summed E-state index contributed by atoms with van der Waals surface area (Å²) in [5.41, 5.74) is 1.18. The van der Waals surface area contributed by atoms with E-state index in [1.165, 1.54) is 35.2 Å². The number of nitrogens with one attached hydrogen (secondary N) is 1. The first kappa shape index (κ1) is 20.3. The highest BCUT2D eigenvalue weighted by molar-refractivity contribution is 6.13. The van der Waals surface area contributed by atoms with Crippen molar-refractivity contribution in [2.45, 2.75) is 25.4 Å². The van der Waals surface area contributed by atoms with Crippen LogP contribution in [-0.2, 0) is 19.0 Å². The number of benzene rings is 2. The minimum atomic E-state index is -4.61. The first-order chi connectivity index (χ1) is 15.2. The van der Waals surface area contributed by atoms with Crippen LogP contribution in [-0.4, -0.2) is 17.6 Å². The first-order valence-corrected chi connectivity index (χ1v) is 10.0. The smallest absolute Gasteiger partial charge is 0.324 e. The summed E-state index contributed by atoms with van der Waals surface area (Å²) < 4.78 is 54.2. The van der Waals surface area contributed by atoms with E-state index < -0.39 is 23.5 Å². The van der Waals surface area contributed by atoms with Crippen molar-refractivity contribution in [2.24, 2.45) is 0 Å². The van der Waals surface area contributed by atoms with Crippen LogP contribution in [0.4, 0.5) is 34.6 Å². The lowest BCUT2D eigenvalue weighted by Crippen LogP contribution is -2.46. The monoisotopic (exact) mass is 443 g/mol. The van der Waals surface area contributed by atoms with Crippen LogP contribution in [0.3, 0.4) is 0 Å². The third-order valence-electron chi connectivity index (χ3n) is 5.84. The summed E-state index contributed by atoms with van der Waals surface area (Å²) in [6.07, 6.45) is -3.12. The Morgan fingerprint density at radius 2 is 1.59 bits per heavy atom. The van der Waals surface area contributed by atoms with E-state index in [2.05, 4.69) is 4.98 Å². The number of rotatable bonds is 0. The molecule has 0 aliphatic carbocycles. The lowest BCUT2D eigenvalue weighted by Gasteiger charge is -2.40. The molecule has 0 atom stereocenters. The van der Waals surface area contributed by atoms with E-state index >= 15 is 0 Å². The molecule has 2 bridgehead atoms. The molecule has 0 unspecified atom stereocenters. The number of amides is 1. The van der Waals surface area contributed by atoms with Gasteiger partial charge in [-0.05, 0) is 67.3 Å². The van der Waals surface area contributed by atoms with Gasteiger partial charge in [0.1, 0.15) is 12.5 Å². The lowest BCUT2D eigenvalue weighted by atomic mass is 9.98. The highest BCUT2D eigenvalue weighted by Gasteiger charge is 2.37. The normalized spacial score (nSPS) is 15.7. The maximum Gasteiger partial charge on any atom is 0.416 e. The minimum Gasteiger partial charge on any atom is -0.324 e. The molecule has 0 fully saturated rings. The van der Waals surface area contributed by atoms with E-state index in [0.717, 1.165) is 12.1 Å². The van der Waals surface area contributed by atoms with Crippen molar-refractivity contribution >= 4 is 23.0 Å². The van der Waals surface area contributed by atoms with Crippen molar-refractivity contribution in [3.05, 3.63) is 87.1 Å². The first-order valence-electron chi connectivity index (χ1n) is 10.0.